The number of ether oxygens (including phenoxy) is 1. The Morgan fingerprint density at radius 1 is 0.889 bits per heavy atom. The number of aryl methyl sites for hydroxylation is 2. The van der Waals surface area contributed by atoms with E-state index in [2.05, 4.69) is 36.3 Å². The van der Waals surface area contributed by atoms with E-state index in [0.29, 0.717) is 36.0 Å². The number of aromatic carboxylic acids is 1. The first kappa shape index (κ1) is 31.7. The minimum atomic E-state index is -0.879. The molecule has 0 spiro atoms. The van der Waals surface area contributed by atoms with Crippen LogP contribution in [0.25, 0.3) is 10.9 Å². The molecular formula is C38H40N2O5. The van der Waals surface area contributed by atoms with Crippen LogP contribution in [0.1, 0.15) is 63.7 Å². The summed E-state index contributed by atoms with van der Waals surface area (Å²) in [7, 11) is 0. The van der Waals surface area contributed by atoms with E-state index in [-0.39, 0.29) is 5.56 Å². The van der Waals surface area contributed by atoms with Crippen molar-refractivity contribution in [1.29, 1.82) is 0 Å². The molecule has 0 aliphatic heterocycles. The predicted molar refractivity (Wildman–Crippen MR) is 178 cm³/mol. The maximum atomic E-state index is 12.1. The second kappa shape index (κ2) is 14.8. The van der Waals surface area contributed by atoms with Gasteiger partial charge in [-0.1, -0.05) is 80.6 Å². The number of hydrogen-bond acceptors (Lipinski definition) is 5. The first-order valence-electron chi connectivity index (χ1n) is 15.5. The third-order valence-corrected chi connectivity index (χ3v) is 8.32. The number of aromatic amines is 1. The van der Waals surface area contributed by atoms with Gasteiger partial charge in [-0.2, -0.15) is 0 Å². The molecule has 0 saturated carbocycles. The van der Waals surface area contributed by atoms with Crippen LogP contribution in [0.3, 0.4) is 0 Å². The van der Waals surface area contributed by atoms with Gasteiger partial charge >= 0.3 is 5.97 Å². The zero-order chi connectivity index (χ0) is 31.8. The maximum absolute atomic E-state index is 12.1. The molecule has 1 atom stereocenters. The smallest absolute Gasteiger partial charge is 0.335 e. The van der Waals surface area contributed by atoms with Gasteiger partial charge < -0.3 is 25.3 Å². The molecule has 1 heterocycles. The lowest BCUT2D eigenvalue weighted by molar-refractivity contribution is 0.0697. The van der Waals surface area contributed by atoms with E-state index in [4.69, 9.17) is 9.84 Å². The van der Waals surface area contributed by atoms with Crippen molar-refractivity contribution in [3.05, 3.63) is 146 Å². The zero-order valence-corrected chi connectivity index (χ0v) is 25.8. The van der Waals surface area contributed by atoms with Crippen molar-refractivity contribution in [2.45, 2.75) is 58.3 Å². The molecule has 45 heavy (non-hydrogen) atoms. The summed E-state index contributed by atoms with van der Waals surface area (Å²) in [6, 6.07) is 30.3. The van der Waals surface area contributed by atoms with Crippen LogP contribution in [0.5, 0.6) is 5.75 Å². The van der Waals surface area contributed by atoms with Crippen LogP contribution in [-0.2, 0) is 32.3 Å². The molecule has 232 valence electrons. The highest BCUT2D eigenvalue weighted by Gasteiger charge is 2.24. The fourth-order valence-electron chi connectivity index (χ4n) is 5.94. The molecule has 0 fully saturated rings. The fourth-order valence-corrected chi connectivity index (χ4v) is 5.94. The Morgan fingerprint density at radius 2 is 1.51 bits per heavy atom. The van der Waals surface area contributed by atoms with Gasteiger partial charge in [-0.05, 0) is 83.3 Å². The predicted octanol–water partition coefficient (Wildman–Crippen LogP) is 6.41. The van der Waals surface area contributed by atoms with Crippen LogP contribution in [-0.4, -0.2) is 33.8 Å². The highest BCUT2D eigenvalue weighted by atomic mass is 16.5. The molecule has 1 aliphatic rings. The van der Waals surface area contributed by atoms with Crippen LogP contribution in [0.2, 0.25) is 0 Å². The number of H-pyrrole nitrogens is 1. The lowest BCUT2D eigenvalue weighted by Gasteiger charge is -2.19. The van der Waals surface area contributed by atoms with Crippen molar-refractivity contribution in [2.75, 3.05) is 6.54 Å². The summed E-state index contributed by atoms with van der Waals surface area (Å²) in [5.41, 5.74) is 8.33. The molecule has 4 N–H and O–H groups in total. The highest BCUT2D eigenvalue weighted by molar-refractivity contribution is 5.88. The van der Waals surface area contributed by atoms with E-state index in [1.807, 2.05) is 42.5 Å². The average Bonchev–Trinajstić information content (AvgIpc) is 3.48. The Bertz CT molecular complexity index is 1770. The van der Waals surface area contributed by atoms with Crippen LogP contribution in [0.15, 0.2) is 102 Å². The molecular weight excluding hydrogens is 564 g/mol. The summed E-state index contributed by atoms with van der Waals surface area (Å²) in [6.45, 7) is 5.28. The molecule has 7 nitrogen and oxygen atoms in total. The van der Waals surface area contributed by atoms with Crippen molar-refractivity contribution in [3.63, 3.8) is 0 Å². The highest BCUT2D eigenvalue weighted by Crippen LogP contribution is 2.31. The summed E-state index contributed by atoms with van der Waals surface area (Å²) < 4.78 is 6.04. The minimum absolute atomic E-state index is 0.196. The number of carboxylic acids is 1. The van der Waals surface area contributed by atoms with Crippen LogP contribution < -0.4 is 15.6 Å². The Balaban J connectivity index is 0.000000383. The number of aromatic nitrogens is 1. The first-order chi connectivity index (χ1) is 21.9. The van der Waals surface area contributed by atoms with Crippen molar-refractivity contribution < 1.29 is 19.7 Å². The SMILES string of the molecule is CCc1cc2c(cc1CC)CC(NCC(O)c1ccc(OCc3ccccc3)c3[nH]c(=O)ccc13)C2.O=C(O)c1ccccc1. The number of carbonyl (C=O) groups is 1. The number of hydrogen-bond donors (Lipinski definition) is 4. The van der Waals surface area contributed by atoms with Gasteiger partial charge in [-0.15, -0.1) is 0 Å². The van der Waals surface area contributed by atoms with Crippen molar-refractivity contribution in [3.8, 4) is 5.75 Å². The van der Waals surface area contributed by atoms with Crippen LogP contribution in [0.4, 0.5) is 0 Å². The minimum Gasteiger partial charge on any atom is -0.487 e. The van der Waals surface area contributed by atoms with Crippen molar-refractivity contribution in [1.82, 2.24) is 10.3 Å². The number of carboxylic acid groups (broad SMARTS) is 1. The van der Waals surface area contributed by atoms with Gasteiger partial charge in [0.2, 0.25) is 5.56 Å². The zero-order valence-electron chi connectivity index (χ0n) is 25.8. The van der Waals surface area contributed by atoms with Crippen molar-refractivity contribution >= 4 is 16.9 Å². The van der Waals surface area contributed by atoms with Gasteiger partial charge in [0.25, 0.3) is 0 Å². The standard InChI is InChI=1S/C31H34N2O3.C7H6O2/c1-3-21-14-23-16-25(17-24(23)15-22(21)4-2)32-18-28(34)26-10-12-29(31-27(26)11-13-30(35)33-31)36-19-20-8-6-5-7-9-20;8-7(9)6-4-2-1-3-5-6/h5-15,25,28,32,34H,3-4,16-19H2,1-2H3,(H,33,35);1-5H,(H,8,9). The van der Waals surface area contributed by atoms with Gasteiger partial charge in [0, 0.05) is 24.0 Å². The second-order valence-corrected chi connectivity index (χ2v) is 11.3. The third-order valence-electron chi connectivity index (χ3n) is 8.32. The second-order valence-electron chi connectivity index (χ2n) is 11.3. The van der Waals surface area contributed by atoms with E-state index in [1.54, 1.807) is 36.4 Å². The topological polar surface area (TPSA) is 112 Å². The molecule has 0 bridgehead atoms. The Kier molecular flexibility index (Phi) is 10.5. The summed E-state index contributed by atoms with van der Waals surface area (Å²) in [5.74, 6) is -0.282. The van der Waals surface area contributed by atoms with Crippen molar-refractivity contribution in [2.24, 2.45) is 0 Å². The molecule has 0 radical (unpaired) electrons. The largest absolute Gasteiger partial charge is 0.487 e. The Labute approximate surface area is 263 Å². The summed E-state index contributed by atoms with van der Waals surface area (Å²) in [5, 5.41) is 23.9. The lowest BCUT2D eigenvalue weighted by Crippen LogP contribution is -2.33. The summed E-state index contributed by atoms with van der Waals surface area (Å²) in [4.78, 5) is 25.2. The molecule has 0 saturated heterocycles. The normalized spacial score (nSPS) is 13.1. The molecule has 1 unspecified atom stereocenters. The third kappa shape index (κ3) is 7.87. The number of aliphatic hydroxyl groups excluding tert-OH is 1. The van der Waals surface area contributed by atoms with Gasteiger partial charge in [-0.25, -0.2) is 4.79 Å². The number of nitrogens with one attached hydrogen (secondary N) is 2. The molecule has 0 amide bonds. The van der Waals surface area contributed by atoms with E-state index in [0.717, 1.165) is 42.2 Å². The monoisotopic (exact) mass is 604 g/mol. The molecule has 6 rings (SSSR count). The van der Waals surface area contributed by atoms with E-state index in [1.165, 1.54) is 28.3 Å². The molecule has 1 aromatic heterocycles. The molecule has 4 aromatic carbocycles. The molecule has 1 aliphatic carbocycles. The number of aliphatic hydroxyl groups is 1. The molecule has 7 heteroatoms. The first-order valence-corrected chi connectivity index (χ1v) is 15.5. The van der Waals surface area contributed by atoms with E-state index in [9.17, 15) is 14.7 Å². The Morgan fingerprint density at radius 3 is 2.09 bits per heavy atom. The van der Waals surface area contributed by atoms with Gasteiger partial charge in [-0.3, -0.25) is 4.79 Å². The number of fused-ring (bicyclic) bond motifs is 2. The van der Waals surface area contributed by atoms with Gasteiger partial charge in [0.05, 0.1) is 17.2 Å². The van der Waals surface area contributed by atoms with E-state index >= 15 is 0 Å². The fraction of sp³-hybridized carbons (Fsp3) is 0.263. The average molecular weight is 605 g/mol. The number of pyridine rings is 1. The summed E-state index contributed by atoms with van der Waals surface area (Å²) >= 11 is 0. The van der Waals surface area contributed by atoms with Gasteiger partial charge in [0.1, 0.15) is 12.4 Å². The van der Waals surface area contributed by atoms with Crippen LogP contribution >= 0.6 is 0 Å². The van der Waals surface area contributed by atoms with Crippen LogP contribution in [0, 0.1) is 0 Å². The lowest BCUT2D eigenvalue weighted by atomic mass is 9.97. The maximum Gasteiger partial charge on any atom is 0.335 e. The quantitative estimate of drug-likeness (QED) is 0.147. The van der Waals surface area contributed by atoms with E-state index < -0.39 is 12.1 Å². The summed E-state index contributed by atoms with van der Waals surface area (Å²) in [6.07, 6.45) is 3.39. The molecule has 5 aromatic rings. The number of benzene rings is 4. The van der Waals surface area contributed by atoms with Gasteiger partial charge in [0.15, 0.2) is 0 Å². The Hall–Kier alpha value is -4.72. The number of rotatable bonds is 10.